The largest absolute Gasteiger partial charge is 0.361 e. The second-order valence-electron chi connectivity index (χ2n) is 4.16. The van der Waals surface area contributed by atoms with Crippen LogP contribution in [-0.4, -0.2) is 17.6 Å². The zero-order valence-electron chi connectivity index (χ0n) is 9.27. The highest BCUT2D eigenvalue weighted by molar-refractivity contribution is 5.82. The Labute approximate surface area is 94.4 Å². The summed E-state index contributed by atoms with van der Waals surface area (Å²) in [5.74, 6) is 0. The maximum atomic E-state index is 5.42. The molecule has 0 atom stereocenters. The fourth-order valence-corrected chi connectivity index (χ4v) is 2.22. The van der Waals surface area contributed by atoms with E-state index in [1.165, 1.54) is 16.5 Å². The summed E-state index contributed by atoms with van der Waals surface area (Å²) in [4.78, 5) is 3.22. The summed E-state index contributed by atoms with van der Waals surface area (Å²) < 4.78 is 10.8. The summed E-state index contributed by atoms with van der Waals surface area (Å²) >= 11 is 0. The summed E-state index contributed by atoms with van der Waals surface area (Å²) in [5.41, 5.74) is 2.55. The Balaban J connectivity index is 1.71. The molecule has 0 bridgehead atoms. The molecule has 0 unspecified atom stereocenters. The number of rotatable bonds is 3. The average molecular weight is 217 g/mol. The minimum atomic E-state index is -0.0203. The van der Waals surface area contributed by atoms with E-state index in [-0.39, 0.29) is 12.6 Å². The Bertz CT molecular complexity index is 485. The lowest BCUT2D eigenvalue weighted by Crippen LogP contribution is -2.38. The molecule has 1 aromatic heterocycles. The number of fused-ring (bicyclic) bond motifs is 1. The number of hydrogen-bond donors (Lipinski definition) is 1. The third-order valence-corrected chi connectivity index (χ3v) is 3.02. The highest BCUT2D eigenvalue weighted by Gasteiger charge is 2.26. The first kappa shape index (κ1) is 9.87. The van der Waals surface area contributed by atoms with Crippen LogP contribution >= 0.6 is 0 Å². The number of nitrogens with one attached hydrogen (secondary N) is 1. The second kappa shape index (κ2) is 3.92. The Morgan fingerprint density at radius 2 is 2.12 bits per heavy atom. The molecule has 1 fully saturated rings. The van der Waals surface area contributed by atoms with Crippen molar-refractivity contribution in [2.24, 2.45) is 0 Å². The van der Waals surface area contributed by atoms with E-state index in [1.807, 2.05) is 13.1 Å². The molecule has 1 N–H and O–H groups in total. The maximum Gasteiger partial charge on any atom is 0.164 e. The third-order valence-electron chi connectivity index (χ3n) is 3.02. The van der Waals surface area contributed by atoms with E-state index in [4.69, 9.17) is 9.47 Å². The van der Waals surface area contributed by atoms with Gasteiger partial charge in [0.2, 0.25) is 0 Å². The molecular formula is C13H15NO2. The molecule has 0 spiro atoms. The molecule has 0 aliphatic carbocycles. The van der Waals surface area contributed by atoms with E-state index in [0.717, 1.165) is 12.8 Å². The number of H-pyrrole nitrogens is 1. The molecule has 1 saturated heterocycles. The van der Waals surface area contributed by atoms with E-state index in [0.29, 0.717) is 0 Å². The van der Waals surface area contributed by atoms with Crippen molar-refractivity contribution in [2.75, 3.05) is 0 Å². The molecule has 0 radical (unpaired) electrons. The van der Waals surface area contributed by atoms with Crippen LogP contribution < -0.4 is 0 Å². The number of benzene rings is 1. The highest BCUT2D eigenvalue weighted by atomic mass is 16.9. The molecular weight excluding hydrogens is 202 g/mol. The molecule has 3 rings (SSSR count). The van der Waals surface area contributed by atoms with Crippen molar-refractivity contribution >= 4 is 10.9 Å². The van der Waals surface area contributed by atoms with E-state index >= 15 is 0 Å². The smallest absolute Gasteiger partial charge is 0.164 e. The van der Waals surface area contributed by atoms with Crippen LogP contribution in [0.2, 0.25) is 0 Å². The van der Waals surface area contributed by atoms with Crippen molar-refractivity contribution in [3.63, 3.8) is 0 Å². The van der Waals surface area contributed by atoms with Gasteiger partial charge in [-0.3, -0.25) is 0 Å². The number of aryl methyl sites for hydroxylation is 1. The monoisotopic (exact) mass is 217 g/mol. The molecule has 2 heterocycles. The summed E-state index contributed by atoms with van der Waals surface area (Å²) in [6, 6.07) is 8.46. The van der Waals surface area contributed by atoms with Gasteiger partial charge in [-0.2, -0.15) is 0 Å². The van der Waals surface area contributed by atoms with Crippen LogP contribution in [0.5, 0.6) is 0 Å². The Hall–Kier alpha value is -1.32. The van der Waals surface area contributed by atoms with Crippen LogP contribution in [0.15, 0.2) is 30.5 Å². The number of aromatic nitrogens is 1. The first-order valence-electron chi connectivity index (χ1n) is 5.69. The number of ether oxygens (including phenoxy) is 2. The predicted molar refractivity (Wildman–Crippen MR) is 62.0 cm³/mol. The van der Waals surface area contributed by atoms with Gasteiger partial charge in [-0.25, -0.2) is 0 Å². The second-order valence-corrected chi connectivity index (χ2v) is 4.16. The SMILES string of the molecule is CC1OC(CCc2cccc3[nH]ccc23)O1. The molecule has 3 nitrogen and oxygen atoms in total. The van der Waals surface area contributed by atoms with E-state index < -0.39 is 0 Å². The van der Waals surface area contributed by atoms with E-state index in [9.17, 15) is 0 Å². The van der Waals surface area contributed by atoms with Crippen LogP contribution in [-0.2, 0) is 15.9 Å². The zero-order chi connectivity index (χ0) is 11.0. The predicted octanol–water partition coefficient (Wildman–Crippen LogP) is 2.82. The van der Waals surface area contributed by atoms with Gasteiger partial charge < -0.3 is 14.5 Å². The molecule has 0 amide bonds. The molecule has 1 aromatic carbocycles. The first-order valence-corrected chi connectivity index (χ1v) is 5.69. The highest BCUT2D eigenvalue weighted by Crippen LogP contribution is 2.23. The Kier molecular flexibility index (Phi) is 2.42. The van der Waals surface area contributed by atoms with Crippen molar-refractivity contribution in [3.8, 4) is 0 Å². The van der Waals surface area contributed by atoms with Gasteiger partial charge in [0.05, 0.1) is 0 Å². The zero-order valence-corrected chi connectivity index (χ0v) is 9.27. The minimum Gasteiger partial charge on any atom is -0.361 e. The third kappa shape index (κ3) is 1.72. The van der Waals surface area contributed by atoms with Gasteiger partial charge in [-0.1, -0.05) is 12.1 Å². The summed E-state index contributed by atoms with van der Waals surface area (Å²) in [6.45, 7) is 1.92. The first-order chi connectivity index (χ1) is 7.83. The van der Waals surface area contributed by atoms with Gasteiger partial charge in [-0.15, -0.1) is 0 Å². The van der Waals surface area contributed by atoms with E-state index in [1.54, 1.807) is 0 Å². The summed E-state index contributed by atoms with van der Waals surface area (Å²) in [5, 5.41) is 1.30. The van der Waals surface area contributed by atoms with Gasteiger partial charge >= 0.3 is 0 Å². The molecule has 1 aliphatic heterocycles. The standard InChI is InChI=1S/C13H15NO2/c1-9-15-13(16-9)6-5-10-3-2-4-12-11(10)7-8-14-12/h2-4,7-9,13-14H,5-6H2,1H3. The van der Waals surface area contributed by atoms with Crippen molar-refractivity contribution in [1.29, 1.82) is 0 Å². The van der Waals surface area contributed by atoms with Crippen molar-refractivity contribution < 1.29 is 9.47 Å². The maximum absolute atomic E-state index is 5.42. The van der Waals surface area contributed by atoms with Crippen LogP contribution in [0, 0.1) is 0 Å². The van der Waals surface area contributed by atoms with E-state index in [2.05, 4.69) is 29.2 Å². The number of hydrogen-bond acceptors (Lipinski definition) is 2. The van der Waals surface area contributed by atoms with Crippen molar-refractivity contribution in [3.05, 3.63) is 36.0 Å². The van der Waals surface area contributed by atoms with Crippen molar-refractivity contribution in [2.45, 2.75) is 32.3 Å². The van der Waals surface area contributed by atoms with Gasteiger partial charge in [0.15, 0.2) is 12.6 Å². The van der Waals surface area contributed by atoms with Gasteiger partial charge in [0.25, 0.3) is 0 Å². The van der Waals surface area contributed by atoms with Gasteiger partial charge in [-0.05, 0) is 31.0 Å². The molecule has 2 aromatic rings. The topological polar surface area (TPSA) is 34.2 Å². The van der Waals surface area contributed by atoms with Crippen LogP contribution in [0.1, 0.15) is 18.9 Å². The quantitative estimate of drug-likeness (QED) is 0.857. The van der Waals surface area contributed by atoms with Crippen LogP contribution in [0.4, 0.5) is 0 Å². The lowest BCUT2D eigenvalue weighted by Gasteiger charge is -2.33. The van der Waals surface area contributed by atoms with Crippen molar-refractivity contribution in [1.82, 2.24) is 4.98 Å². The van der Waals surface area contributed by atoms with Crippen LogP contribution in [0.3, 0.4) is 0 Å². The molecule has 1 aliphatic rings. The fourth-order valence-electron chi connectivity index (χ4n) is 2.22. The molecule has 84 valence electrons. The van der Waals surface area contributed by atoms with Gasteiger partial charge in [0, 0.05) is 23.5 Å². The molecule has 0 saturated carbocycles. The summed E-state index contributed by atoms with van der Waals surface area (Å²) in [6.07, 6.45) is 3.87. The lowest BCUT2D eigenvalue weighted by atomic mass is 10.1. The normalized spacial score (nSPS) is 24.6. The fraction of sp³-hybridized carbons (Fsp3) is 0.385. The Morgan fingerprint density at radius 3 is 2.94 bits per heavy atom. The Morgan fingerprint density at radius 1 is 1.25 bits per heavy atom. The lowest BCUT2D eigenvalue weighted by molar-refractivity contribution is -0.376. The average Bonchev–Trinajstić information content (AvgIpc) is 2.71. The summed E-state index contributed by atoms with van der Waals surface area (Å²) in [7, 11) is 0. The minimum absolute atomic E-state index is 0.0100. The van der Waals surface area contributed by atoms with Gasteiger partial charge in [0.1, 0.15) is 0 Å². The molecule has 3 heteroatoms. The van der Waals surface area contributed by atoms with Crippen LogP contribution in [0.25, 0.3) is 10.9 Å². The number of aromatic amines is 1. The molecule has 16 heavy (non-hydrogen) atoms.